The first-order chi connectivity index (χ1) is 16.1. The van der Waals surface area contributed by atoms with Crippen LogP contribution < -0.4 is 5.56 Å². The van der Waals surface area contributed by atoms with E-state index in [1.807, 2.05) is 10.6 Å². The standard InChI is InChI=1S/C27H34N2O2S2/c1-4-7-10-18(6-3)25-28-26-23(27(31)29(25)16-15-20-12-9-17-32-20)22-19(11-8-5-2)13-14-21(30)24(22)33-26/h9,12-14,17-18,30H,4-8,10-11,15-16H2,1-3H3. The molecule has 3 heterocycles. The Balaban J connectivity index is 1.93. The van der Waals surface area contributed by atoms with Crippen LogP contribution in [0.15, 0.2) is 34.4 Å². The van der Waals surface area contributed by atoms with Crippen molar-refractivity contribution in [1.29, 1.82) is 0 Å². The number of hydrogen-bond donors (Lipinski definition) is 1. The Hall–Kier alpha value is -2.18. The van der Waals surface area contributed by atoms with Crippen LogP contribution >= 0.6 is 22.7 Å². The summed E-state index contributed by atoms with van der Waals surface area (Å²) in [7, 11) is 0. The van der Waals surface area contributed by atoms with Gasteiger partial charge in [-0.1, -0.05) is 52.2 Å². The zero-order valence-electron chi connectivity index (χ0n) is 19.9. The molecular weight excluding hydrogens is 448 g/mol. The van der Waals surface area contributed by atoms with Gasteiger partial charge < -0.3 is 5.11 Å². The maximum absolute atomic E-state index is 14.1. The quantitative estimate of drug-likeness (QED) is 0.239. The number of unbranched alkanes of at least 4 members (excludes halogenated alkanes) is 2. The fourth-order valence-corrected chi connectivity index (χ4v) is 6.50. The highest BCUT2D eigenvalue weighted by Crippen LogP contribution is 2.40. The Bertz CT molecular complexity index is 1270. The largest absolute Gasteiger partial charge is 0.506 e. The molecular formula is C27H34N2O2S2. The Labute approximate surface area is 203 Å². The van der Waals surface area contributed by atoms with Gasteiger partial charge in [0.2, 0.25) is 0 Å². The van der Waals surface area contributed by atoms with Crippen molar-refractivity contribution >= 4 is 43.0 Å². The van der Waals surface area contributed by atoms with Crippen LogP contribution in [0, 0.1) is 0 Å². The van der Waals surface area contributed by atoms with Gasteiger partial charge in [0, 0.05) is 22.7 Å². The molecule has 1 aromatic carbocycles. The van der Waals surface area contributed by atoms with Crippen molar-refractivity contribution in [2.75, 3.05) is 0 Å². The molecule has 6 heteroatoms. The number of benzene rings is 1. The molecule has 0 saturated heterocycles. The highest BCUT2D eigenvalue weighted by atomic mass is 32.1. The molecule has 0 aliphatic carbocycles. The second-order valence-electron chi connectivity index (χ2n) is 8.84. The Morgan fingerprint density at radius 2 is 1.88 bits per heavy atom. The number of aromatic nitrogens is 2. The zero-order chi connectivity index (χ0) is 23.4. The lowest BCUT2D eigenvalue weighted by molar-refractivity contribution is 0.482. The summed E-state index contributed by atoms with van der Waals surface area (Å²) in [4.78, 5) is 21.3. The van der Waals surface area contributed by atoms with Gasteiger partial charge >= 0.3 is 0 Å². The lowest BCUT2D eigenvalue weighted by atomic mass is 9.97. The van der Waals surface area contributed by atoms with Gasteiger partial charge in [-0.2, -0.15) is 0 Å². The smallest absolute Gasteiger partial charge is 0.262 e. The number of phenols is 1. The Morgan fingerprint density at radius 1 is 1.06 bits per heavy atom. The number of hydrogen-bond acceptors (Lipinski definition) is 5. The van der Waals surface area contributed by atoms with Crippen LogP contribution in [-0.4, -0.2) is 14.7 Å². The summed E-state index contributed by atoms with van der Waals surface area (Å²) in [6.45, 7) is 7.22. The molecule has 1 atom stereocenters. The van der Waals surface area contributed by atoms with E-state index in [1.54, 1.807) is 17.4 Å². The molecule has 4 rings (SSSR count). The molecule has 0 radical (unpaired) electrons. The maximum atomic E-state index is 14.1. The predicted octanol–water partition coefficient (Wildman–Crippen LogP) is 7.65. The molecule has 1 unspecified atom stereocenters. The highest BCUT2D eigenvalue weighted by molar-refractivity contribution is 7.25. The third kappa shape index (κ3) is 4.87. The number of aromatic hydroxyl groups is 1. The number of rotatable bonds is 11. The van der Waals surface area contributed by atoms with E-state index in [2.05, 4.69) is 38.3 Å². The molecule has 0 amide bonds. The van der Waals surface area contributed by atoms with Gasteiger partial charge in [-0.05, 0) is 55.2 Å². The molecule has 4 aromatic rings. The van der Waals surface area contributed by atoms with Crippen LogP contribution in [0.25, 0.3) is 20.3 Å². The SMILES string of the molecule is CCCCc1ccc(O)c2sc3nc(C(CC)CCCC)n(CCc4cccs4)c(=O)c3c12. The third-order valence-electron chi connectivity index (χ3n) is 6.56. The first-order valence-corrected chi connectivity index (χ1v) is 14.0. The zero-order valence-corrected chi connectivity index (χ0v) is 21.5. The van der Waals surface area contributed by atoms with E-state index in [0.29, 0.717) is 11.9 Å². The van der Waals surface area contributed by atoms with Crippen molar-refractivity contribution < 1.29 is 5.11 Å². The summed E-state index contributed by atoms with van der Waals surface area (Å²) in [6.07, 6.45) is 8.16. The van der Waals surface area contributed by atoms with Crippen molar-refractivity contribution in [1.82, 2.24) is 9.55 Å². The van der Waals surface area contributed by atoms with E-state index in [9.17, 15) is 9.90 Å². The fourth-order valence-electron chi connectivity index (χ4n) is 4.67. The Morgan fingerprint density at radius 3 is 2.58 bits per heavy atom. The summed E-state index contributed by atoms with van der Waals surface area (Å²) in [6, 6.07) is 7.96. The normalized spacial score (nSPS) is 12.7. The molecule has 4 nitrogen and oxygen atoms in total. The molecule has 176 valence electrons. The van der Waals surface area contributed by atoms with E-state index >= 15 is 0 Å². The van der Waals surface area contributed by atoms with E-state index in [0.717, 1.165) is 77.7 Å². The second-order valence-corrected chi connectivity index (χ2v) is 10.9. The lowest BCUT2D eigenvalue weighted by Gasteiger charge is -2.20. The van der Waals surface area contributed by atoms with Crippen molar-refractivity contribution in [2.45, 2.75) is 84.6 Å². The molecule has 0 bridgehead atoms. The van der Waals surface area contributed by atoms with Crippen LogP contribution in [0.2, 0.25) is 0 Å². The van der Waals surface area contributed by atoms with Gasteiger partial charge in [0.05, 0.1) is 10.1 Å². The predicted molar refractivity (Wildman–Crippen MR) is 142 cm³/mol. The molecule has 0 fully saturated rings. The van der Waals surface area contributed by atoms with E-state index in [4.69, 9.17) is 4.98 Å². The van der Waals surface area contributed by atoms with Crippen molar-refractivity contribution in [3.63, 3.8) is 0 Å². The molecule has 3 aromatic heterocycles. The molecule has 1 N–H and O–H groups in total. The second kappa shape index (κ2) is 10.8. The fraction of sp³-hybridized carbons (Fsp3) is 0.481. The summed E-state index contributed by atoms with van der Waals surface area (Å²) in [5.41, 5.74) is 1.20. The van der Waals surface area contributed by atoms with Crippen LogP contribution in [0.4, 0.5) is 0 Å². The maximum Gasteiger partial charge on any atom is 0.262 e. The van der Waals surface area contributed by atoms with Crippen molar-refractivity contribution in [3.8, 4) is 5.75 Å². The number of aryl methyl sites for hydroxylation is 2. The van der Waals surface area contributed by atoms with E-state index < -0.39 is 0 Å². The van der Waals surface area contributed by atoms with Gasteiger partial charge in [-0.3, -0.25) is 9.36 Å². The van der Waals surface area contributed by atoms with Crippen LogP contribution in [-0.2, 0) is 19.4 Å². The summed E-state index contributed by atoms with van der Waals surface area (Å²) >= 11 is 3.20. The summed E-state index contributed by atoms with van der Waals surface area (Å²) in [5, 5.41) is 14.3. The monoisotopic (exact) mass is 482 g/mol. The third-order valence-corrected chi connectivity index (χ3v) is 8.61. The summed E-state index contributed by atoms with van der Waals surface area (Å²) < 4.78 is 2.75. The first kappa shape index (κ1) is 24.0. The topological polar surface area (TPSA) is 55.1 Å². The molecule has 0 spiro atoms. The van der Waals surface area contributed by atoms with Gasteiger partial charge in [-0.25, -0.2) is 4.98 Å². The summed E-state index contributed by atoms with van der Waals surface area (Å²) in [5.74, 6) is 1.43. The van der Waals surface area contributed by atoms with Crippen LogP contribution in [0.5, 0.6) is 5.75 Å². The number of thiophene rings is 2. The van der Waals surface area contributed by atoms with Gasteiger partial charge in [-0.15, -0.1) is 22.7 Å². The van der Waals surface area contributed by atoms with Gasteiger partial charge in [0.15, 0.2) is 0 Å². The van der Waals surface area contributed by atoms with Gasteiger partial charge in [0.1, 0.15) is 16.4 Å². The average molecular weight is 483 g/mol. The average Bonchev–Trinajstić information content (AvgIpc) is 3.47. The molecule has 0 aliphatic heterocycles. The number of nitrogens with zero attached hydrogens (tertiary/aromatic N) is 2. The molecule has 0 aliphatic rings. The van der Waals surface area contributed by atoms with Crippen molar-refractivity contribution in [3.05, 3.63) is 56.3 Å². The first-order valence-electron chi connectivity index (χ1n) is 12.3. The Kier molecular flexibility index (Phi) is 7.86. The number of phenolic OH excluding ortho intramolecular Hbond substituents is 1. The molecule has 33 heavy (non-hydrogen) atoms. The number of fused-ring (bicyclic) bond motifs is 3. The van der Waals surface area contributed by atoms with Crippen molar-refractivity contribution in [2.24, 2.45) is 0 Å². The minimum absolute atomic E-state index is 0.0519. The van der Waals surface area contributed by atoms with E-state index in [-0.39, 0.29) is 17.2 Å². The molecule has 0 saturated carbocycles. The van der Waals surface area contributed by atoms with Gasteiger partial charge in [0.25, 0.3) is 5.56 Å². The van der Waals surface area contributed by atoms with Crippen LogP contribution in [0.1, 0.15) is 81.5 Å². The lowest BCUT2D eigenvalue weighted by Crippen LogP contribution is -2.27. The minimum atomic E-state index is 0.0519. The highest BCUT2D eigenvalue weighted by Gasteiger charge is 2.23. The van der Waals surface area contributed by atoms with Crippen LogP contribution in [0.3, 0.4) is 0 Å². The van der Waals surface area contributed by atoms with E-state index in [1.165, 1.54) is 16.2 Å². The minimum Gasteiger partial charge on any atom is -0.506 e.